The minimum absolute atomic E-state index is 0.0710. The number of carboxylic acid groups (broad SMARTS) is 1. The van der Waals surface area contributed by atoms with Crippen LogP contribution < -0.4 is 0 Å². The van der Waals surface area contributed by atoms with Crippen LogP contribution in [0.4, 0.5) is 4.39 Å². The largest absolute Gasteiger partial charge is 0.481 e. The molecule has 2 unspecified atom stereocenters. The van der Waals surface area contributed by atoms with Gasteiger partial charge in [-0.1, -0.05) is 24.9 Å². The van der Waals surface area contributed by atoms with Crippen molar-refractivity contribution in [1.29, 1.82) is 0 Å². The molecule has 0 aliphatic rings. The lowest BCUT2D eigenvalue weighted by molar-refractivity contribution is -0.146. The van der Waals surface area contributed by atoms with Gasteiger partial charge in [-0.3, -0.25) is 4.79 Å². The van der Waals surface area contributed by atoms with Crippen molar-refractivity contribution in [3.63, 3.8) is 0 Å². The van der Waals surface area contributed by atoms with Gasteiger partial charge >= 0.3 is 5.97 Å². The second kappa shape index (κ2) is 5.98. The molecule has 2 atom stereocenters. The van der Waals surface area contributed by atoms with Gasteiger partial charge in [-0.05, 0) is 24.6 Å². The van der Waals surface area contributed by atoms with E-state index in [-0.39, 0.29) is 17.0 Å². The van der Waals surface area contributed by atoms with Crippen molar-refractivity contribution in [1.82, 2.24) is 0 Å². The van der Waals surface area contributed by atoms with Gasteiger partial charge in [-0.25, -0.2) is 4.39 Å². The molecular formula is C12H14ClFO3. The standard InChI is InChI=1S/C12H14ClFO3/c1-2-3-8(12(16)17)11(15)9-6-7(13)4-5-10(9)14/h4-6,8,11,15H,2-3H2,1H3,(H,16,17). The molecule has 17 heavy (non-hydrogen) atoms. The van der Waals surface area contributed by atoms with E-state index < -0.39 is 23.8 Å². The molecule has 0 aliphatic carbocycles. The highest BCUT2D eigenvalue weighted by Crippen LogP contribution is 2.29. The molecule has 0 aromatic heterocycles. The molecule has 5 heteroatoms. The summed E-state index contributed by atoms with van der Waals surface area (Å²) in [6.07, 6.45) is -0.510. The third kappa shape index (κ3) is 3.41. The van der Waals surface area contributed by atoms with Crippen LogP contribution in [0.1, 0.15) is 31.4 Å². The smallest absolute Gasteiger partial charge is 0.309 e. The zero-order valence-corrected chi connectivity index (χ0v) is 10.1. The number of hydrogen-bond donors (Lipinski definition) is 2. The topological polar surface area (TPSA) is 57.5 Å². The van der Waals surface area contributed by atoms with Crippen LogP contribution in [0.3, 0.4) is 0 Å². The second-order valence-electron chi connectivity index (χ2n) is 3.84. The quantitative estimate of drug-likeness (QED) is 0.856. The van der Waals surface area contributed by atoms with Crippen molar-refractivity contribution in [3.8, 4) is 0 Å². The summed E-state index contributed by atoms with van der Waals surface area (Å²) in [5, 5.41) is 19.2. The first kappa shape index (κ1) is 13.9. The molecule has 0 spiro atoms. The van der Waals surface area contributed by atoms with E-state index >= 15 is 0 Å². The van der Waals surface area contributed by atoms with E-state index in [2.05, 4.69) is 0 Å². The average molecular weight is 261 g/mol. The molecule has 1 aromatic rings. The van der Waals surface area contributed by atoms with Gasteiger partial charge in [0.25, 0.3) is 0 Å². The number of aliphatic hydroxyl groups is 1. The predicted molar refractivity (Wildman–Crippen MR) is 62.4 cm³/mol. The Bertz CT molecular complexity index is 409. The van der Waals surface area contributed by atoms with Crippen LogP contribution in [-0.4, -0.2) is 16.2 Å². The minimum atomic E-state index is -1.38. The van der Waals surface area contributed by atoms with Crippen molar-refractivity contribution in [3.05, 3.63) is 34.6 Å². The molecule has 3 nitrogen and oxygen atoms in total. The van der Waals surface area contributed by atoms with E-state index in [0.29, 0.717) is 6.42 Å². The van der Waals surface area contributed by atoms with E-state index in [1.165, 1.54) is 12.1 Å². The van der Waals surface area contributed by atoms with Crippen LogP contribution in [0.5, 0.6) is 0 Å². The van der Waals surface area contributed by atoms with E-state index in [4.69, 9.17) is 16.7 Å². The molecule has 0 bridgehead atoms. The van der Waals surface area contributed by atoms with Gasteiger partial charge < -0.3 is 10.2 Å². The lowest BCUT2D eigenvalue weighted by Gasteiger charge is -2.19. The summed E-state index contributed by atoms with van der Waals surface area (Å²) in [5.74, 6) is -2.81. The Kier molecular flexibility index (Phi) is 4.90. The maximum absolute atomic E-state index is 13.5. The third-order valence-electron chi connectivity index (χ3n) is 2.57. The zero-order chi connectivity index (χ0) is 13.0. The Labute approximate surface area is 104 Å². The number of carboxylic acids is 1. The second-order valence-corrected chi connectivity index (χ2v) is 4.28. The van der Waals surface area contributed by atoms with Crippen LogP contribution in [0.25, 0.3) is 0 Å². The van der Waals surface area contributed by atoms with Gasteiger partial charge in [0, 0.05) is 10.6 Å². The molecule has 1 aromatic carbocycles. The Morgan fingerprint density at radius 2 is 2.18 bits per heavy atom. The fourth-order valence-corrected chi connectivity index (χ4v) is 1.87. The van der Waals surface area contributed by atoms with Crippen molar-refractivity contribution in [2.24, 2.45) is 5.92 Å². The van der Waals surface area contributed by atoms with Crippen LogP contribution in [0.15, 0.2) is 18.2 Å². The fourth-order valence-electron chi connectivity index (χ4n) is 1.69. The average Bonchev–Trinajstić information content (AvgIpc) is 2.28. The van der Waals surface area contributed by atoms with Crippen LogP contribution >= 0.6 is 11.6 Å². The molecule has 0 fully saturated rings. The summed E-state index contributed by atoms with van der Waals surface area (Å²) in [6.45, 7) is 1.80. The van der Waals surface area contributed by atoms with E-state index in [9.17, 15) is 14.3 Å². The number of aliphatic carboxylic acids is 1. The molecule has 0 heterocycles. The summed E-state index contributed by atoms with van der Waals surface area (Å²) in [7, 11) is 0. The third-order valence-corrected chi connectivity index (χ3v) is 2.81. The van der Waals surface area contributed by atoms with Gasteiger partial charge in [-0.2, -0.15) is 0 Å². The molecule has 94 valence electrons. The van der Waals surface area contributed by atoms with Gasteiger partial charge in [-0.15, -0.1) is 0 Å². The van der Waals surface area contributed by atoms with E-state index in [1.54, 1.807) is 6.92 Å². The van der Waals surface area contributed by atoms with Crippen LogP contribution in [0, 0.1) is 11.7 Å². The Hall–Kier alpha value is -1.13. The highest BCUT2D eigenvalue weighted by molar-refractivity contribution is 6.30. The first-order valence-corrected chi connectivity index (χ1v) is 5.71. The molecule has 2 N–H and O–H groups in total. The highest BCUT2D eigenvalue weighted by Gasteiger charge is 2.28. The number of aliphatic hydroxyl groups excluding tert-OH is 1. The number of carbonyl (C=O) groups is 1. The maximum Gasteiger partial charge on any atom is 0.309 e. The van der Waals surface area contributed by atoms with Crippen molar-refractivity contribution < 1.29 is 19.4 Å². The first-order chi connectivity index (χ1) is 7.97. The number of rotatable bonds is 5. The predicted octanol–water partition coefficient (Wildman–Crippen LogP) is 3.01. The lowest BCUT2D eigenvalue weighted by atomic mass is 9.91. The summed E-state index contributed by atoms with van der Waals surface area (Å²) in [5.41, 5.74) is -0.0710. The van der Waals surface area contributed by atoms with Gasteiger partial charge in [0.2, 0.25) is 0 Å². The number of hydrogen-bond acceptors (Lipinski definition) is 2. The lowest BCUT2D eigenvalue weighted by Crippen LogP contribution is -2.22. The van der Waals surface area contributed by atoms with Gasteiger partial charge in [0.1, 0.15) is 5.82 Å². The minimum Gasteiger partial charge on any atom is -0.481 e. The van der Waals surface area contributed by atoms with Crippen molar-refractivity contribution >= 4 is 17.6 Å². The highest BCUT2D eigenvalue weighted by atomic mass is 35.5. The van der Waals surface area contributed by atoms with Crippen LogP contribution in [0.2, 0.25) is 5.02 Å². The molecule has 0 saturated heterocycles. The zero-order valence-electron chi connectivity index (χ0n) is 9.36. The molecule has 0 radical (unpaired) electrons. The van der Waals surface area contributed by atoms with Crippen molar-refractivity contribution in [2.75, 3.05) is 0 Å². The van der Waals surface area contributed by atoms with Gasteiger partial charge in [0.05, 0.1) is 12.0 Å². The fraction of sp³-hybridized carbons (Fsp3) is 0.417. The summed E-state index contributed by atoms with van der Waals surface area (Å²) < 4.78 is 13.5. The molecule has 1 rings (SSSR count). The molecular weight excluding hydrogens is 247 g/mol. The Balaban J connectivity index is 3.04. The Morgan fingerprint density at radius 1 is 1.53 bits per heavy atom. The molecule has 0 amide bonds. The molecule has 0 saturated carbocycles. The van der Waals surface area contributed by atoms with E-state index in [1.807, 2.05) is 0 Å². The summed E-state index contributed by atoms with van der Waals surface area (Å²) in [6, 6.07) is 3.72. The maximum atomic E-state index is 13.5. The molecule has 0 aliphatic heterocycles. The van der Waals surface area contributed by atoms with E-state index in [0.717, 1.165) is 6.07 Å². The normalized spacial score (nSPS) is 14.4. The number of halogens is 2. The van der Waals surface area contributed by atoms with Crippen molar-refractivity contribution in [2.45, 2.75) is 25.9 Å². The number of benzene rings is 1. The summed E-state index contributed by atoms with van der Waals surface area (Å²) >= 11 is 5.70. The van der Waals surface area contributed by atoms with Crippen LogP contribution in [-0.2, 0) is 4.79 Å². The first-order valence-electron chi connectivity index (χ1n) is 5.33. The summed E-state index contributed by atoms with van der Waals surface area (Å²) in [4.78, 5) is 11.0. The Morgan fingerprint density at radius 3 is 2.71 bits per heavy atom. The van der Waals surface area contributed by atoms with Gasteiger partial charge in [0.15, 0.2) is 0 Å². The SMILES string of the molecule is CCCC(C(=O)O)C(O)c1cc(Cl)ccc1F. The monoisotopic (exact) mass is 260 g/mol.